The van der Waals surface area contributed by atoms with Gasteiger partial charge in [0.2, 0.25) is 5.89 Å². The van der Waals surface area contributed by atoms with E-state index in [1.165, 1.54) is 12.0 Å². The molecule has 0 bridgehead atoms. The fourth-order valence-corrected chi connectivity index (χ4v) is 3.38. The smallest absolute Gasteiger partial charge is 0.226 e. The predicted octanol–water partition coefficient (Wildman–Crippen LogP) is 3.20. The molecule has 3 aromatic rings. The summed E-state index contributed by atoms with van der Waals surface area (Å²) >= 11 is 0. The quantitative estimate of drug-likeness (QED) is 0.737. The van der Waals surface area contributed by atoms with Gasteiger partial charge in [-0.1, -0.05) is 17.7 Å². The highest BCUT2D eigenvalue weighted by Gasteiger charge is 2.25. The second kappa shape index (κ2) is 7.66. The topological polar surface area (TPSA) is 67.1 Å². The lowest BCUT2D eigenvalue weighted by atomic mass is 10.1. The van der Waals surface area contributed by atoms with Crippen molar-refractivity contribution < 1.29 is 4.42 Å². The molecule has 0 spiro atoms. The zero-order valence-electron chi connectivity index (χ0n) is 14.9. The second-order valence-corrected chi connectivity index (χ2v) is 6.71. The molecule has 6 nitrogen and oxygen atoms in total. The first-order chi connectivity index (χ1) is 12.8. The molecule has 26 heavy (non-hydrogen) atoms. The van der Waals surface area contributed by atoms with Gasteiger partial charge in [-0.3, -0.25) is 0 Å². The maximum absolute atomic E-state index is 5.62. The molecule has 0 radical (unpaired) electrons. The van der Waals surface area contributed by atoms with Crippen molar-refractivity contribution in [2.45, 2.75) is 32.4 Å². The van der Waals surface area contributed by atoms with E-state index in [2.05, 4.69) is 44.5 Å². The molecule has 1 N–H and O–H groups in total. The first-order valence-corrected chi connectivity index (χ1v) is 9.06. The van der Waals surface area contributed by atoms with Gasteiger partial charge in [0.05, 0.1) is 5.69 Å². The first kappa shape index (κ1) is 16.7. The third-order valence-electron chi connectivity index (χ3n) is 4.77. The largest absolute Gasteiger partial charge is 0.444 e. The van der Waals surface area contributed by atoms with Crippen LogP contribution in [0.15, 0.2) is 53.3 Å². The number of benzene rings is 1. The van der Waals surface area contributed by atoms with Crippen LogP contribution in [0.2, 0.25) is 0 Å². The molecule has 0 aliphatic carbocycles. The molecule has 1 aliphatic heterocycles. The highest BCUT2D eigenvalue weighted by atomic mass is 16.3. The minimum Gasteiger partial charge on any atom is -0.444 e. The van der Waals surface area contributed by atoms with E-state index in [1.807, 2.05) is 24.3 Å². The molecule has 134 valence electrons. The fourth-order valence-electron chi connectivity index (χ4n) is 3.38. The van der Waals surface area contributed by atoms with Gasteiger partial charge in [0.15, 0.2) is 5.82 Å². The SMILES string of the molecule is Cc1ccc(-c2nc(CNC[C@H]3CCCN3c3cccnn3)co2)cc1. The monoisotopic (exact) mass is 349 g/mol. The lowest BCUT2D eigenvalue weighted by Crippen LogP contribution is -2.38. The molecule has 1 aliphatic rings. The summed E-state index contributed by atoms with van der Waals surface area (Å²) in [7, 11) is 0. The zero-order valence-corrected chi connectivity index (χ0v) is 14.9. The summed E-state index contributed by atoms with van der Waals surface area (Å²) < 4.78 is 5.62. The minimum absolute atomic E-state index is 0.440. The van der Waals surface area contributed by atoms with Crippen LogP contribution in [0.3, 0.4) is 0 Å². The van der Waals surface area contributed by atoms with Crippen molar-refractivity contribution >= 4 is 5.82 Å². The number of nitrogens with one attached hydrogen (secondary N) is 1. The van der Waals surface area contributed by atoms with Crippen LogP contribution in [0, 0.1) is 6.92 Å². The highest BCUT2D eigenvalue weighted by molar-refractivity contribution is 5.53. The summed E-state index contributed by atoms with van der Waals surface area (Å²) in [5.74, 6) is 1.63. The second-order valence-electron chi connectivity index (χ2n) is 6.71. The van der Waals surface area contributed by atoms with E-state index in [9.17, 15) is 0 Å². The van der Waals surface area contributed by atoms with Gasteiger partial charge in [-0.25, -0.2) is 4.98 Å². The van der Waals surface area contributed by atoms with Crippen LogP contribution in [0.25, 0.3) is 11.5 Å². The Kier molecular flexibility index (Phi) is 4.93. The molecule has 0 amide bonds. The molecule has 4 rings (SSSR count). The Bertz CT molecular complexity index is 831. The molecular weight excluding hydrogens is 326 g/mol. The van der Waals surface area contributed by atoms with Gasteiger partial charge in [-0.15, -0.1) is 5.10 Å². The van der Waals surface area contributed by atoms with Crippen molar-refractivity contribution in [3.05, 3.63) is 60.1 Å². The van der Waals surface area contributed by atoms with Gasteiger partial charge >= 0.3 is 0 Å². The highest BCUT2D eigenvalue weighted by Crippen LogP contribution is 2.23. The Morgan fingerprint density at radius 1 is 1.23 bits per heavy atom. The van der Waals surface area contributed by atoms with Crippen molar-refractivity contribution in [2.24, 2.45) is 0 Å². The molecule has 2 aromatic heterocycles. The van der Waals surface area contributed by atoms with Gasteiger partial charge < -0.3 is 14.6 Å². The number of aromatic nitrogens is 3. The molecule has 0 unspecified atom stereocenters. The summed E-state index contributed by atoms with van der Waals surface area (Å²) in [6.45, 7) is 4.69. The molecule has 1 fully saturated rings. The molecule has 1 saturated heterocycles. The van der Waals surface area contributed by atoms with Gasteiger partial charge in [0, 0.05) is 37.4 Å². The van der Waals surface area contributed by atoms with Crippen molar-refractivity contribution in [1.29, 1.82) is 0 Å². The normalized spacial score (nSPS) is 17.0. The molecule has 0 saturated carbocycles. The van der Waals surface area contributed by atoms with Gasteiger partial charge in [-0.05, 0) is 44.0 Å². The number of hydrogen-bond donors (Lipinski definition) is 1. The van der Waals surface area contributed by atoms with Crippen LogP contribution < -0.4 is 10.2 Å². The van der Waals surface area contributed by atoms with Crippen molar-refractivity contribution in [1.82, 2.24) is 20.5 Å². The maximum atomic E-state index is 5.62. The van der Waals surface area contributed by atoms with Crippen LogP contribution in [0.5, 0.6) is 0 Å². The van der Waals surface area contributed by atoms with Gasteiger partial charge in [0.1, 0.15) is 6.26 Å². The Morgan fingerprint density at radius 3 is 2.92 bits per heavy atom. The summed E-state index contributed by atoms with van der Waals surface area (Å²) in [5.41, 5.74) is 3.16. The maximum Gasteiger partial charge on any atom is 0.226 e. The van der Waals surface area contributed by atoms with Crippen LogP contribution in [0.1, 0.15) is 24.1 Å². The Balaban J connectivity index is 1.33. The van der Waals surface area contributed by atoms with Gasteiger partial charge in [0.25, 0.3) is 0 Å². The van der Waals surface area contributed by atoms with Crippen molar-refractivity contribution in [2.75, 3.05) is 18.0 Å². The number of anilines is 1. The molecule has 3 heterocycles. The number of rotatable bonds is 6. The number of nitrogens with zero attached hydrogens (tertiary/aromatic N) is 4. The average Bonchev–Trinajstić information content (AvgIpc) is 3.33. The molecule has 1 atom stereocenters. The van der Waals surface area contributed by atoms with E-state index in [1.54, 1.807) is 12.5 Å². The lowest BCUT2D eigenvalue weighted by Gasteiger charge is -2.25. The summed E-state index contributed by atoms with van der Waals surface area (Å²) in [6.07, 6.45) is 5.79. The summed E-state index contributed by atoms with van der Waals surface area (Å²) in [6, 6.07) is 12.6. The van der Waals surface area contributed by atoms with E-state index in [-0.39, 0.29) is 0 Å². The first-order valence-electron chi connectivity index (χ1n) is 9.06. The van der Waals surface area contributed by atoms with Gasteiger partial charge in [-0.2, -0.15) is 5.10 Å². The average molecular weight is 349 g/mol. The predicted molar refractivity (Wildman–Crippen MR) is 101 cm³/mol. The Morgan fingerprint density at radius 2 is 2.12 bits per heavy atom. The Hall–Kier alpha value is -2.73. The summed E-state index contributed by atoms with van der Waals surface area (Å²) in [4.78, 5) is 6.92. The standard InChI is InChI=1S/C20H23N5O/c1-15-6-8-16(9-7-15)20-23-17(14-26-20)12-21-13-18-4-3-11-25(18)19-5-2-10-22-24-19/h2,5-10,14,18,21H,3-4,11-13H2,1H3/t18-/m1/s1. The van der Waals surface area contributed by atoms with Crippen LogP contribution in [-0.4, -0.2) is 34.3 Å². The fraction of sp³-hybridized carbons (Fsp3) is 0.350. The van der Waals surface area contributed by atoms with E-state index >= 15 is 0 Å². The third-order valence-corrected chi connectivity index (χ3v) is 4.77. The van der Waals surface area contributed by atoms with Crippen LogP contribution in [0.4, 0.5) is 5.82 Å². The molecule has 1 aromatic carbocycles. The van der Waals surface area contributed by atoms with Crippen LogP contribution in [-0.2, 0) is 6.54 Å². The van der Waals surface area contributed by atoms with E-state index < -0.39 is 0 Å². The number of hydrogen-bond acceptors (Lipinski definition) is 6. The number of oxazole rings is 1. The molecule has 6 heteroatoms. The third kappa shape index (κ3) is 3.75. The van der Waals surface area contributed by atoms with E-state index in [0.717, 1.165) is 36.6 Å². The van der Waals surface area contributed by atoms with Crippen molar-refractivity contribution in [3.8, 4) is 11.5 Å². The minimum atomic E-state index is 0.440. The molecular formula is C20H23N5O. The van der Waals surface area contributed by atoms with Crippen LogP contribution >= 0.6 is 0 Å². The Labute approximate surface area is 153 Å². The zero-order chi connectivity index (χ0) is 17.8. The van der Waals surface area contributed by atoms with E-state index in [0.29, 0.717) is 18.5 Å². The summed E-state index contributed by atoms with van der Waals surface area (Å²) in [5, 5.41) is 11.7. The van der Waals surface area contributed by atoms with Crippen molar-refractivity contribution in [3.63, 3.8) is 0 Å². The lowest BCUT2D eigenvalue weighted by molar-refractivity contribution is 0.555. The number of aryl methyl sites for hydroxylation is 1. The van der Waals surface area contributed by atoms with E-state index in [4.69, 9.17) is 4.42 Å².